The lowest BCUT2D eigenvalue weighted by Gasteiger charge is -2.33. The van der Waals surface area contributed by atoms with Crippen LogP contribution in [0, 0.1) is 0 Å². The first-order chi connectivity index (χ1) is 10.5. The molecule has 0 aliphatic carbocycles. The van der Waals surface area contributed by atoms with Crippen molar-refractivity contribution >= 4 is 14.8 Å². The average Bonchev–Trinajstić information content (AvgIpc) is 2.47. The van der Waals surface area contributed by atoms with Crippen LogP contribution in [0.2, 0.25) is 5.54 Å². The summed E-state index contributed by atoms with van der Waals surface area (Å²) >= 11 is 0. The van der Waals surface area contributed by atoms with Gasteiger partial charge in [-0.3, -0.25) is 0 Å². The molecule has 0 fully saturated rings. The number of hydrogen-bond acceptors (Lipinski definition) is 5. The van der Waals surface area contributed by atoms with Gasteiger partial charge in [0.15, 0.2) is 0 Å². The van der Waals surface area contributed by atoms with Crippen molar-refractivity contribution in [1.82, 2.24) is 0 Å². The fourth-order valence-electron chi connectivity index (χ4n) is 2.08. The van der Waals surface area contributed by atoms with E-state index >= 15 is 0 Å². The summed E-state index contributed by atoms with van der Waals surface area (Å²) in [6.07, 6.45) is 3.25. The summed E-state index contributed by atoms with van der Waals surface area (Å²) in [7, 11) is -2.80. The van der Waals surface area contributed by atoms with Gasteiger partial charge in [0.25, 0.3) is 0 Å². The minimum Gasteiger partial charge on any atom is -0.462 e. The van der Waals surface area contributed by atoms with Gasteiger partial charge in [0.1, 0.15) is 0 Å². The van der Waals surface area contributed by atoms with Crippen molar-refractivity contribution in [3.63, 3.8) is 0 Å². The average molecular weight is 330 g/mol. The van der Waals surface area contributed by atoms with Gasteiger partial charge in [0.2, 0.25) is 0 Å². The number of ether oxygens (including phenoxy) is 1. The van der Waals surface area contributed by atoms with Gasteiger partial charge in [0.05, 0.1) is 6.61 Å². The summed E-state index contributed by atoms with van der Waals surface area (Å²) < 4.78 is 22.8. The third kappa shape index (κ3) is 6.87. The third-order valence-electron chi connectivity index (χ3n) is 3.02. The van der Waals surface area contributed by atoms with Gasteiger partial charge >= 0.3 is 14.8 Å². The van der Waals surface area contributed by atoms with Crippen LogP contribution in [0.5, 0.6) is 0 Å². The van der Waals surface area contributed by atoms with E-state index < -0.39 is 8.80 Å². The second kappa shape index (κ2) is 11.6. The van der Waals surface area contributed by atoms with E-state index in [-0.39, 0.29) is 11.5 Å². The van der Waals surface area contributed by atoms with Crippen molar-refractivity contribution in [2.24, 2.45) is 0 Å². The summed E-state index contributed by atoms with van der Waals surface area (Å²) in [5, 5.41) is 0. The van der Waals surface area contributed by atoms with E-state index in [9.17, 15) is 4.79 Å². The van der Waals surface area contributed by atoms with Gasteiger partial charge in [-0.25, -0.2) is 4.79 Å². The van der Waals surface area contributed by atoms with Crippen LogP contribution in [0.4, 0.5) is 0 Å². The molecule has 0 aliphatic rings. The molecule has 1 unspecified atom stereocenters. The van der Waals surface area contributed by atoms with Gasteiger partial charge in [0, 0.05) is 30.9 Å². The van der Waals surface area contributed by atoms with Crippen LogP contribution in [0.25, 0.3) is 0 Å². The van der Waals surface area contributed by atoms with Gasteiger partial charge < -0.3 is 18.0 Å². The number of hydrogen-bond donors (Lipinski definition) is 0. The van der Waals surface area contributed by atoms with Crippen molar-refractivity contribution in [2.75, 3.05) is 26.4 Å². The Balaban J connectivity index is 4.67. The Kier molecular flexibility index (Phi) is 11.1. The van der Waals surface area contributed by atoms with E-state index in [1.165, 1.54) is 0 Å². The highest BCUT2D eigenvalue weighted by Gasteiger charge is 2.47. The second-order valence-corrected chi connectivity index (χ2v) is 7.62. The fourth-order valence-corrected chi connectivity index (χ4v) is 5.03. The van der Waals surface area contributed by atoms with Gasteiger partial charge in [-0.05, 0) is 40.5 Å². The molecule has 0 bridgehead atoms. The zero-order valence-corrected chi connectivity index (χ0v) is 15.4. The fraction of sp³-hybridized carbons (Fsp3) is 0.688. The van der Waals surface area contributed by atoms with E-state index in [0.717, 1.165) is 6.42 Å². The molecular formula is C16H30O5Si. The molecule has 0 rings (SSSR count). The van der Waals surface area contributed by atoms with E-state index in [4.69, 9.17) is 18.0 Å². The van der Waals surface area contributed by atoms with E-state index in [0.29, 0.717) is 38.4 Å². The normalized spacial score (nSPS) is 12.7. The molecular weight excluding hydrogens is 300 g/mol. The molecule has 0 saturated heterocycles. The minimum atomic E-state index is -2.80. The van der Waals surface area contributed by atoms with Crippen molar-refractivity contribution in [2.45, 2.75) is 46.1 Å². The number of esters is 1. The number of allylic oxidation sites excluding steroid dienone is 1. The van der Waals surface area contributed by atoms with Crippen molar-refractivity contribution in [1.29, 1.82) is 0 Å². The molecule has 0 aromatic heterocycles. The molecule has 6 heteroatoms. The highest BCUT2D eigenvalue weighted by molar-refractivity contribution is 6.63. The summed E-state index contributed by atoms with van der Waals surface area (Å²) in [6, 6.07) is 0. The van der Waals surface area contributed by atoms with E-state index in [2.05, 4.69) is 13.2 Å². The first kappa shape index (κ1) is 21.0. The van der Waals surface area contributed by atoms with Crippen LogP contribution in [0.1, 0.15) is 40.5 Å². The highest BCUT2D eigenvalue weighted by atomic mass is 28.4. The van der Waals surface area contributed by atoms with Crippen molar-refractivity contribution < 1.29 is 22.8 Å². The molecule has 5 nitrogen and oxygen atoms in total. The molecule has 0 saturated carbocycles. The summed E-state index contributed by atoms with van der Waals surface area (Å²) in [5.41, 5.74) is 0.387. The Hall–Kier alpha value is -0.953. The minimum absolute atomic E-state index is 0.0177. The SMILES string of the molecule is C=CC(CCCOC(=O)C(=C)C)[Si](OCC)(OCC)OCC. The lowest BCUT2D eigenvalue weighted by Crippen LogP contribution is -2.50. The van der Waals surface area contributed by atoms with Gasteiger partial charge in [-0.2, -0.15) is 0 Å². The van der Waals surface area contributed by atoms with Gasteiger partial charge in [-0.15, -0.1) is 6.58 Å². The Morgan fingerprint density at radius 1 is 1.14 bits per heavy atom. The summed E-state index contributed by atoms with van der Waals surface area (Å²) in [6.45, 7) is 16.8. The second-order valence-electron chi connectivity index (χ2n) is 4.80. The smallest absolute Gasteiger partial charge is 0.462 e. The standard InChI is InChI=1S/C16H30O5Si/c1-7-15(12-11-13-18-16(17)14(5)6)22(19-8-2,20-9-3)21-10-4/h7,15H,1,5,8-13H2,2-4,6H3. The van der Waals surface area contributed by atoms with Crippen LogP contribution in [0.3, 0.4) is 0 Å². The zero-order valence-electron chi connectivity index (χ0n) is 14.4. The molecule has 0 amide bonds. The van der Waals surface area contributed by atoms with Crippen molar-refractivity contribution in [3.8, 4) is 0 Å². The molecule has 0 heterocycles. The molecule has 0 radical (unpaired) electrons. The number of carbonyl (C=O) groups is 1. The Morgan fingerprint density at radius 3 is 2.00 bits per heavy atom. The molecule has 0 N–H and O–H groups in total. The molecule has 128 valence electrons. The molecule has 0 aliphatic heterocycles. The number of rotatable bonds is 13. The van der Waals surface area contributed by atoms with Crippen LogP contribution < -0.4 is 0 Å². The topological polar surface area (TPSA) is 54.0 Å². The monoisotopic (exact) mass is 330 g/mol. The maximum Gasteiger partial charge on any atom is 0.508 e. The third-order valence-corrected chi connectivity index (χ3v) is 6.52. The summed E-state index contributed by atoms with van der Waals surface area (Å²) in [5.74, 6) is -0.363. The predicted molar refractivity (Wildman–Crippen MR) is 89.6 cm³/mol. The van der Waals surface area contributed by atoms with Crippen LogP contribution in [0.15, 0.2) is 24.8 Å². The molecule has 0 spiro atoms. The first-order valence-electron chi connectivity index (χ1n) is 7.84. The maximum absolute atomic E-state index is 11.4. The largest absolute Gasteiger partial charge is 0.508 e. The zero-order chi connectivity index (χ0) is 17.0. The van der Waals surface area contributed by atoms with Crippen LogP contribution >= 0.6 is 0 Å². The molecule has 0 aromatic rings. The van der Waals surface area contributed by atoms with Crippen LogP contribution in [-0.4, -0.2) is 41.2 Å². The van der Waals surface area contributed by atoms with Crippen LogP contribution in [-0.2, 0) is 22.8 Å². The maximum atomic E-state index is 11.4. The Labute approximate surface area is 135 Å². The molecule has 22 heavy (non-hydrogen) atoms. The summed E-state index contributed by atoms with van der Waals surface area (Å²) in [4.78, 5) is 11.4. The van der Waals surface area contributed by atoms with Crippen molar-refractivity contribution in [3.05, 3.63) is 24.8 Å². The Morgan fingerprint density at radius 2 is 1.64 bits per heavy atom. The number of carbonyl (C=O) groups excluding carboxylic acids is 1. The quantitative estimate of drug-likeness (QED) is 0.170. The van der Waals surface area contributed by atoms with Gasteiger partial charge in [-0.1, -0.05) is 12.7 Å². The lowest BCUT2D eigenvalue weighted by molar-refractivity contribution is -0.139. The molecule has 1 atom stereocenters. The van der Waals surface area contributed by atoms with E-state index in [1.54, 1.807) is 6.92 Å². The predicted octanol–water partition coefficient (Wildman–Crippen LogP) is 3.49. The Bertz CT molecular complexity index is 339. The lowest BCUT2D eigenvalue weighted by atomic mass is 10.2. The molecule has 0 aromatic carbocycles. The first-order valence-corrected chi connectivity index (χ1v) is 9.64. The van der Waals surface area contributed by atoms with E-state index in [1.807, 2.05) is 26.8 Å². The highest BCUT2D eigenvalue weighted by Crippen LogP contribution is 2.31.